The van der Waals surface area contributed by atoms with Crippen molar-refractivity contribution in [3.05, 3.63) is 47.5 Å². The van der Waals surface area contributed by atoms with Gasteiger partial charge in [-0.3, -0.25) is 4.79 Å². The van der Waals surface area contributed by atoms with Crippen molar-refractivity contribution in [2.24, 2.45) is 29.6 Å². The highest BCUT2D eigenvalue weighted by Gasteiger charge is 2.50. The summed E-state index contributed by atoms with van der Waals surface area (Å²) in [5.41, 5.74) is 3.66. The van der Waals surface area contributed by atoms with Gasteiger partial charge < -0.3 is 10.3 Å². The highest BCUT2D eigenvalue weighted by atomic mass is 35.5. The third-order valence-electron chi connectivity index (χ3n) is 7.40. The van der Waals surface area contributed by atoms with E-state index in [1.54, 1.807) is 0 Å². The number of benzene rings is 2. The lowest BCUT2D eigenvalue weighted by molar-refractivity contribution is -0.132. The molecule has 148 valence electrons. The number of nitrogens with one attached hydrogen (secondary N) is 2. The molecule has 4 bridgehead atoms. The van der Waals surface area contributed by atoms with Crippen LogP contribution in [0.25, 0.3) is 22.4 Å². The minimum absolute atomic E-state index is 0.199. The summed E-state index contributed by atoms with van der Waals surface area (Å²) in [6.45, 7) is 0. The fourth-order valence-electron chi connectivity index (χ4n) is 6.41. The van der Waals surface area contributed by atoms with Crippen molar-refractivity contribution in [3.8, 4) is 11.4 Å². The molecule has 4 saturated carbocycles. The maximum atomic E-state index is 13.1. The second kappa shape index (κ2) is 6.60. The predicted molar refractivity (Wildman–Crippen MR) is 116 cm³/mol. The number of anilines is 1. The van der Waals surface area contributed by atoms with Crippen LogP contribution in [0.4, 0.5) is 5.69 Å². The number of rotatable bonds is 3. The third kappa shape index (κ3) is 3.05. The van der Waals surface area contributed by atoms with Gasteiger partial charge in [0.2, 0.25) is 5.91 Å². The molecule has 2 aromatic carbocycles. The lowest BCUT2D eigenvalue weighted by Crippen LogP contribution is -2.49. The molecule has 2 N–H and O–H groups in total. The Bertz CT molecular complexity index is 1060. The summed E-state index contributed by atoms with van der Waals surface area (Å²) < 4.78 is 0. The number of amides is 1. The van der Waals surface area contributed by atoms with E-state index in [1.165, 1.54) is 32.1 Å². The first-order chi connectivity index (χ1) is 14.1. The van der Waals surface area contributed by atoms with E-state index in [1.807, 2.05) is 42.5 Å². The zero-order valence-corrected chi connectivity index (χ0v) is 17.0. The number of imidazole rings is 1. The molecule has 29 heavy (non-hydrogen) atoms. The van der Waals surface area contributed by atoms with Crippen molar-refractivity contribution < 1.29 is 4.79 Å². The Morgan fingerprint density at radius 3 is 2.34 bits per heavy atom. The van der Waals surface area contributed by atoms with Gasteiger partial charge in [-0.15, -0.1) is 0 Å². The van der Waals surface area contributed by atoms with Crippen LogP contribution in [0.3, 0.4) is 0 Å². The van der Waals surface area contributed by atoms with E-state index in [0.29, 0.717) is 16.9 Å². The van der Waals surface area contributed by atoms with Crippen molar-refractivity contribution in [1.29, 1.82) is 0 Å². The van der Waals surface area contributed by atoms with E-state index in [-0.39, 0.29) is 11.8 Å². The number of nitrogens with zero attached hydrogens (tertiary/aromatic N) is 1. The molecule has 0 saturated heterocycles. The number of aromatic nitrogens is 2. The van der Waals surface area contributed by atoms with Gasteiger partial charge in [0, 0.05) is 22.2 Å². The van der Waals surface area contributed by atoms with Crippen LogP contribution in [0, 0.1) is 29.6 Å². The normalized spacial score (nSPS) is 30.0. The van der Waals surface area contributed by atoms with Crippen LogP contribution < -0.4 is 5.32 Å². The second-order valence-electron chi connectivity index (χ2n) is 9.27. The van der Waals surface area contributed by atoms with E-state index in [2.05, 4.69) is 15.3 Å². The molecule has 1 heterocycles. The first-order valence-electron chi connectivity index (χ1n) is 10.7. The Kier molecular flexibility index (Phi) is 3.98. The molecule has 0 unspecified atom stereocenters. The van der Waals surface area contributed by atoms with E-state index < -0.39 is 0 Å². The van der Waals surface area contributed by atoms with Gasteiger partial charge in [0.15, 0.2) is 0 Å². The predicted octanol–water partition coefficient (Wildman–Crippen LogP) is 5.89. The molecular weight excluding hydrogens is 382 g/mol. The largest absolute Gasteiger partial charge is 0.338 e. The average Bonchev–Trinajstić information content (AvgIpc) is 3.11. The van der Waals surface area contributed by atoms with Crippen molar-refractivity contribution in [3.63, 3.8) is 0 Å². The summed E-state index contributed by atoms with van der Waals surface area (Å²) in [5.74, 6) is 4.18. The van der Waals surface area contributed by atoms with Crippen molar-refractivity contribution in [1.82, 2.24) is 9.97 Å². The monoisotopic (exact) mass is 405 g/mol. The Labute approximate surface area is 175 Å². The summed E-state index contributed by atoms with van der Waals surface area (Å²) in [7, 11) is 0. The molecule has 5 heteroatoms. The molecule has 0 radical (unpaired) electrons. The Hall–Kier alpha value is -2.33. The Balaban J connectivity index is 1.23. The van der Waals surface area contributed by atoms with Crippen molar-refractivity contribution in [2.75, 3.05) is 5.32 Å². The Morgan fingerprint density at radius 2 is 1.66 bits per heavy atom. The van der Waals surface area contributed by atoms with Gasteiger partial charge in [0.25, 0.3) is 0 Å². The third-order valence-corrected chi connectivity index (χ3v) is 7.65. The maximum absolute atomic E-state index is 13.1. The van der Waals surface area contributed by atoms with Crippen LogP contribution in [0.15, 0.2) is 42.5 Å². The smallest absolute Gasteiger partial charge is 0.228 e. The van der Waals surface area contributed by atoms with Gasteiger partial charge in [0.05, 0.1) is 11.0 Å². The summed E-state index contributed by atoms with van der Waals surface area (Å²) in [4.78, 5) is 21.2. The van der Waals surface area contributed by atoms with Gasteiger partial charge >= 0.3 is 0 Å². The van der Waals surface area contributed by atoms with Crippen LogP contribution in [0.5, 0.6) is 0 Å². The lowest BCUT2D eigenvalue weighted by atomic mass is 9.51. The number of carbonyl (C=O) groups is 1. The minimum atomic E-state index is 0.199. The van der Waals surface area contributed by atoms with Crippen molar-refractivity contribution in [2.45, 2.75) is 32.1 Å². The number of fused-ring (bicyclic) bond motifs is 1. The standard InChI is InChI=1S/C24H24ClN3O/c25-18-3-1-15(2-4-18)23-27-20-6-5-19(12-21(20)28-23)26-24(29)22-16-8-13-7-14(10-16)11-17(22)9-13/h1-6,12-14,16-17,22H,7-11H2,(H,26,29)(H,27,28). The van der Waals surface area contributed by atoms with Crippen LogP contribution in [-0.4, -0.2) is 15.9 Å². The molecule has 4 fully saturated rings. The molecule has 3 aromatic rings. The first-order valence-corrected chi connectivity index (χ1v) is 11.1. The molecule has 4 nitrogen and oxygen atoms in total. The van der Waals surface area contributed by atoms with E-state index in [0.717, 1.165) is 39.9 Å². The van der Waals surface area contributed by atoms with Gasteiger partial charge in [-0.05, 0) is 98.2 Å². The quantitative estimate of drug-likeness (QED) is 0.570. The molecule has 0 atom stereocenters. The van der Waals surface area contributed by atoms with E-state index >= 15 is 0 Å². The van der Waals surface area contributed by atoms with E-state index in [9.17, 15) is 4.79 Å². The zero-order valence-electron chi connectivity index (χ0n) is 16.2. The topological polar surface area (TPSA) is 57.8 Å². The fourth-order valence-corrected chi connectivity index (χ4v) is 6.54. The van der Waals surface area contributed by atoms with Crippen LogP contribution in [0.1, 0.15) is 32.1 Å². The molecule has 0 aliphatic heterocycles. The molecule has 1 aromatic heterocycles. The van der Waals surface area contributed by atoms with Gasteiger partial charge in [-0.25, -0.2) is 4.98 Å². The molecule has 1 amide bonds. The second-order valence-corrected chi connectivity index (χ2v) is 9.71. The number of halogens is 1. The van der Waals surface area contributed by atoms with Gasteiger partial charge in [-0.1, -0.05) is 11.6 Å². The number of aromatic amines is 1. The minimum Gasteiger partial charge on any atom is -0.338 e. The highest BCUT2D eigenvalue weighted by molar-refractivity contribution is 6.30. The van der Waals surface area contributed by atoms with E-state index in [4.69, 9.17) is 11.6 Å². The zero-order chi connectivity index (χ0) is 19.5. The summed E-state index contributed by atoms with van der Waals surface area (Å²) in [6.07, 6.45) is 6.45. The molecule has 4 aliphatic carbocycles. The van der Waals surface area contributed by atoms with Gasteiger partial charge in [-0.2, -0.15) is 0 Å². The lowest BCUT2D eigenvalue weighted by Gasteiger charge is -2.53. The molecule has 7 rings (SSSR count). The Morgan fingerprint density at radius 1 is 0.966 bits per heavy atom. The summed E-state index contributed by atoms with van der Waals surface area (Å²) >= 11 is 5.99. The number of carbonyl (C=O) groups excluding carboxylic acids is 1. The van der Waals surface area contributed by atoms with Crippen LogP contribution >= 0.6 is 11.6 Å². The van der Waals surface area contributed by atoms with Crippen LogP contribution in [-0.2, 0) is 4.79 Å². The number of hydrogen-bond acceptors (Lipinski definition) is 2. The maximum Gasteiger partial charge on any atom is 0.228 e. The first kappa shape index (κ1) is 17.5. The highest BCUT2D eigenvalue weighted by Crippen LogP contribution is 2.56. The summed E-state index contributed by atoms with van der Waals surface area (Å²) in [6, 6.07) is 13.6. The molecule has 0 spiro atoms. The average molecular weight is 406 g/mol. The number of H-pyrrole nitrogens is 1. The van der Waals surface area contributed by atoms with Gasteiger partial charge in [0.1, 0.15) is 5.82 Å². The fraction of sp³-hybridized carbons (Fsp3) is 0.417. The van der Waals surface area contributed by atoms with Crippen LogP contribution in [0.2, 0.25) is 5.02 Å². The van der Waals surface area contributed by atoms with Crippen molar-refractivity contribution >= 4 is 34.2 Å². The molecule has 4 aliphatic rings. The summed E-state index contributed by atoms with van der Waals surface area (Å²) in [5, 5.41) is 3.92. The SMILES string of the molecule is O=C(Nc1ccc2nc(-c3ccc(Cl)cc3)[nH]c2c1)C1C2CC3CC(C2)CC1C3. The number of hydrogen-bond donors (Lipinski definition) is 2. The molecular formula is C24H24ClN3O.